The summed E-state index contributed by atoms with van der Waals surface area (Å²) in [6.45, 7) is 3.57. The Morgan fingerprint density at radius 2 is 1.84 bits per heavy atom. The Morgan fingerprint density at radius 3 is 2.52 bits per heavy atom. The van der Waals surface area contributed by atoms with Crippen LogP contribution in [-0.2, 0) is 16.1 Å². The van der Waals surface area contributed by atoms with Crippen molar-refractivity contribution in [1.82, 2.24) is 15.1 Å². The number of amides is 3. The van der Waals surface area contributed by atoms with Gasteiger partial charge in [0.05, 0.1) is 31.4 Å². The van der Waals surface area contributed by atoms with E-state index < -0.39 is 23.7 Å². The second-order valence-corrected chi connectivity index (χ2v) is 7.52. The van der Waals surface area contributed by atoms with Crippen molar-refractivity contribution in [2.24, 2.45) is 0 Å². The van der Waals surface area contributed by atoms with Crippen molar-refractivity contribution in [2.45, 2.75) is 19.5 Å². The first kappa shape index (κ1) is 21.0. The third-order valence-corrected chi connectivity index (χ3v) is 5.58. The van der Waals surface area contributed by atoms with Crippen LogP contribution >= 0.6 is 0 Å². The van der Waals surface area contributed by atoms with Crippen LogP contribution in [-0.4, -0.2) is 48.0 Å². The number of nitrogens with zero attached hydrogens (tertiary/aromatic N) is 2. The number of nitrogens with one attached hydrogen (secondary N) is 1. The summed E-state index contributed by atoms with van der Waals surface area (Å²) in [5, 5.41) is 2.75. The molecule has 4 rings (SSSR count). The van der Waals surface area contributed by atoms with E-state index >= 15 is 0 Å². The minimum atomic E-state index is -1.02. The van der Waals surface area contributed by atoms with Gasteiger partial charge in [-0.3, -0.25) is 9.69 Å². The molecule has 6 nitrogen and oxygen atoms in total. The van der Waals surface area contributed by atoms with Gasteiger partial charge < -0.3 is 15.0 Å². The van der Waals surface area contributed by atoms with E-state index in [-0.39, 0.29) is 23.6 Å². The van der Waals surface area contributed by atoms with E-state index in [4.69, 9.17) is 4.74 Å². The lowest BCUT2D eigenvalue weighted by atomic mass is 9.93. The molecule has 2 aliphatic heterocycles. The van der Waals surface area contributed by atoms with Crippen LogP contribution in [0.5, 0.6) is 0 Å². The fourth-order valence-electron chi connectivity index (χ4n) is 3.92. The minimum Gasteiger partial charge on any atom is -0.378 e. The number of halogens is 2. The average Bonchev–Trinajstić information content (AvgIpc) is 2.77. The molecule has 3 amide bonds. The molecule has 1 N–H and O–H groups in total. The Kier molecular flexibility index (Phi) is 5.99. The molecule has 8 heteroatoms. The highest BCUT2D eigenvalue weighted by Crippen LogP contribution is 2.34. The van der Waals surface area contributed by atoms with Crippen LogP contribution in [0.3, 0.4) is 0 Å². The number of hydrogen-bond donors (Lipinski definition) is 1. The first-order chi connectivity index (χ1) is 15.0. The molecular formula is C23H23F2N3O3. The predicted octanol–water partition coefficient (Wildman–Crippen LogP) is 3.36. The van der Waals surface area contributed by atoms with Crippen molar-refractivity contribution in [3.05, 3.63) is 82.6 Å². The number of allylic oxidation sites excluding steroid dienone is 1. The van der Waals surface area contributed by atoms with E-state index in [2.05, 4.69) is 5.32 Å². The maximum absolute atomic E-state index is 14.6. The topological polar surface area (TPSA) is 61.9 Å². The highest BCUT2D eigenvalue weighted by molar-refractivity contribution is 5.98. The van der Waals surface area contributed by atoms with Gasteiger partial charge in [-0.1, -0.05) is 36.4 Å². The number of rotatable bonds is 4. The molecule has 0 bridgehead atoms. The molecule has 0 aromatic heterocycles. The van der Waals surface area contributed by atoms with Crippen LogP contribution in [0.4, 0.5) is 13.6 Å². The lowest BCUT2D eigenvalue weighted by Gasteiger charge is -2.38. The van der Waals surface area contributed by atoms with Gasteiger partial charge >= 0.3 is 6.03 Å². The van der Waals surface area contributed by atoms with Crippen LogP contribution in [0.25, 0.3) is 0 Å². The molecule has 31 heavy (non-hydrogen) atoms. The number of hydrogen-bond acceptors (Lipinski definition) is 3. The van der Waals surface area contributed by atoms with Crippen LogP contribution in [0.1, 0.15) is 24.1 Å². The second-order valence-electron chi connectivity index (χ2n) is 7.52. The van der Waals surface area contributed by atoms with Gasteiger partial charge in [-0.05, 0) is 18.6 Å². The SMILES string of the molecule is CC1=C(C(=O)N2CCOCC2)[C@@H](c2ccc(F)cc2F)NC(=O)N1Cc1ccccc1. The summed E-state index contributed by atoms with van der Waals surface area (Å²) in [4.78, 5) is 29.5. The summed E-state index contributed by atoms with van der Waals surface area (Å²) in [5.74, 6) is -1.84. The van der Waals surface area contributed by atoms with Gasteiger partial charge in [-0.2, -0.15) is 0 Å². The van der Waals surface area contributed by atoms with E-state index in [1.54, 1.807) is 11.8 Å². The maximum atomic E-state index is 14.6. The smallest absolute Gasteiger partial charge is 0.322 e. The number of benzene rings is 2. The van der Waals surface area contributed by atoms with Gasteiger partial charge in [0.2, 0.25) is 0 Å². The van der Waals surface area contributed by atoms with Gasteiger partial charge in [-0.25, -0.2) is 13.6 Å². The predicted molar refractivity (Wildman–Crippen MR) is 110 cm³/mol. The molecule has 2 aromatic carbocycles. The van der Waals surface area contributed by atoms with Crippen molar-refractivity contribution < 1.29 is 23.1 Å². The van der Waals surface area contributed by atoms with Gasteiger partial charge in [0.15, 0.2) is 0 Å². The van der Waals surface area contributed by atoms with E-state index in [1.165, 1.54) is 11.0 Å². The highest BCUT2D eigenvalue weighted by atomic mass is 19.1. The van der Waals surface area contributed by atoms with Crippen molar-refractivity contribution >= 4 is 11.9 Å². The first-order valence-electron chi connectivity index (χ1n) is 10.1. The van der Waals surface area contributed by atoms with Crippen LogP contribution in [0, 0.1) is 11.6 Å². The highest BCUT2D eigenvalue weighted by Gasteiger charge is 2.38. The van der Waals surface area contributed by atoms with Gasteiger partial charge in [-0.15, -0.1) is 0 Å². The average molecular weight is 427 g/mol. The minimum absolute atomic E-state index is 0.0464. The second kappa shape index (κ2) is 8.85. The number of urea groups is 1. The van der Waals surface area contributed by atoms with Crippen molar-refractivity contribution in [1.29, 1.82) is 0 Å². The number of morpholine rings is 1. The fraction of sp³-hybridized carbons (Fsp3) is 0.304. The summed E-state index contributed by atoms with van der Waals surface area (Å²) in [6.07, 6.45) is 0. The van der Waals surface area contributed by atoms with E-state index in [9.17, 15) is 18.4 Å². The third kappa shape index (κ3) is 4.29. The largest absolute Gasteiger partial charge is 0.378 e. The molecule has 2 heterocycles. The zero-order chi connectivity index (χ0) is 22.0. The first-order valence-corrected chi connectivity index (χ1v) is 10.1. The van der Waals surface area contributed by atoms with Gasteiger partial charge in [0.25, 0.3) is 5.91 Å². The molecule has 162 valence electrons. The molecule has 0 unspecified atom stereocenters. The lowest BCUT2D eigenvalue weighted by Crippen LogP contribution is -2.51. The van der Waals surface area contributed by atoms with Gasteiger partial charge in [0.1, 0.15) is 11.6 Å². The molecule has 1 saturated heterocycles. The molecule has 1 fully saturated rings. The van der Waals surface area contributed by atoms with Crippen molar-refractivity contribution in [2.75, 3.05) is 26.3 Å². The number of ether oxygens (including phenoxy) is 1. The third-order valence-electron chi connectivity index (χ3n) is 5.58. The fourth-order valence-corrected chi connectivity index (χ4v) is 3.92. The zero-order valence-electron chi connectivity index (χ0n) is 17.1. The Bertz CT molecular complexity index is 1020. The zero-order valence-corrected chi connectivity index (χ0v) is 17.1. The van der Waals surface area contributed by atoms with Crippen molar-refractivity contribution in [3.63, 3.8) is 0 Å². The number of carbonyl (C=O) groups excluding carboxylic acids is 2. The maximum Gasteiger partial charge on any atom is 0.322 e. The van der Waals surface area contributed by atoms with Crippen LogP contribution in [0.2, 0.25) is 0 Å². The Balaban J connectivity index is 1.77. The molecule has 2 aromatic rings. The van der Waals surface area contributed by atoms with E-state index in [0.29, 0.717) is 32.0 Å². The molecule has 0 spiro atoms. The number of carbonyl (C=O) groups is 2. The molecule has 0 saturated carbocycles. The standard InChI is InChI=1S/C23H23F2N3O3/c1-15-20(22(29)27-9-11-31-12-10-27)21(18-8-7-17(24)13-19(18)25)26-23(30)28(15)14-16-5-3-2-4-6-16/h2-8,13,21H,9-12,14H2,1H3,(H,26,30)/t21-/m1/s1. The summed E-state index contributed by atoms with van der Waals surface area (Å²) in [5.41, 5.74) is 1.65. The van der Waals surface area contributed by atoms with Crippen LogP contribution < -0.4 is 5.32 Å². The lowest BCUT2D eigenvalue weighted by molar-refractivity contribution is -0.131. The summed E-state index contributed by atoms with van der Waals surface area (Å²) in [7, 11) is 0. The normalized spacial score (nSPS) is 19.5. The summed E-state index contributed by atoms with van der Waals surface area (Å²) in [6, 6.07) is 11.1. The monoisotopic (exact) mass is 427 g/mol. The Hall–Kier alpha value is -3.26. The molecule has 2 aliphatic rings. The van der Waals surface area contributed by atoms with Gasteiger partial charge in [0, 0.05) is 30.4 Å². The van der Waals surface area contributed by atoms with Crippen LogP contribution in [0.15, 0.2) is 59.8 Å². The summed E-state index contributed by atoms with van der Waals surface area (Å²) >= 11 is 0. The quantitative estimate of drug-likeness (QED) is 0.814. The Morgan fingerprint density at radius 1 is 1.13 bits per heavy atom. The molecular weight excluding hydrogens is 404 g/mol. The van der Waals surface area contributed by atoms with Crippen molar-refractivity contribution in [3.8, 4) is 0 Å². The van der Waals surface area contributed by atoms with E-state index in [0.717, 1.165) is 17.7 Å². The van der Waals surface area contributed by atoms with E-state index in [1.807, 2.05) is 30.3 Å². The molecule has 0 radical (unpaired) electrons. The summed E-state index contributed by atoms with van der Waals surface area (Å²) < 4.78 is 33.5. The molecule has 1 atom stereocenters. The Labute approximate surface area is 179 Å². The molecule has 0 aliphatic carbocycles.